The van der Waals surface area contributed by atoms with Gasteiger partial charge in [-0.15, -0.1) is 0 Å². The van der Waals surface area contributed by atoms with E-state index in [0.29, 0.717) is 17.7 Å². The first-order chi connectivity index (χ1) is 11.7. The van der Waals surface area contributed by atoms with Crippen LogP contribution >= 0.6 is 0 Å². The van der Waals surface area contributed by atoms with Crippen LogP contribution in [0.3, 0.4) is 0 Å². The largest absolute Gasteiger partial charge is 0.297 e. The van der Waals surface area contributed by atoms with Crippen LogP contribution in [-0.4, -0.2) is 54.3 Å². The molecule has 2 saturated heterocycles. The highest BCUT2D eigenvalue weighted by atomic mass is 32.2. The average molecular weight is 367 g/mol. The van der Waals surface area contributed by atoms with E-state index < -0.39 is 14.9 Å². The van der Waals surface area contributed by atoms with Crippen molar-refractivity contribution in [1.82, 2.24) is 9.21 Å². The van der Waals surface area contributed by atoms with Crippen LogP contribution < -0.4 is 0 Å². The van der Waals surface area contributed by atoms with E-state index >= 15 is 0 Å². The molecule has 25 heavy (non-hydrogen) atoms. The van der Waals surface area contributed by atoms with Crippen LogP contribution in [0.1, 0.15) is 37.3 Å². The molecular weight excluding hydrogens is 342 g/mol. The van der Waals surface area contributed by atoms with Crippen LogP contribution in [0.15, 0.2) is 17.0 Å². The minimum absolute atomic E-state index is 0.0651. The van der Waals surface area contributed by atoms with Crippen LogP contribution in [0.2, 0.25) is 0 Å². The monoisotopic (exact) mass is 367 g/mol. The minimum Gasteiger partial charge on any atom is -0.297 e. The molecule has 1 aromatic rings. The number of benzene rings is 1. The quantitative estimate of drug-likeness (QED) is 0.605. The molecule has 2 heterocycles. The molecule has 0 N–H and O–H groups in total. The summed E-state index contributed by atoms with van der Waals surface area (Å²) >= 11 is 0. The number of nitro benzene ring substituents is 1. The molecule has 138 valence electrons. The van der Waals surface area contributed by atoms with Gasteiger partial charge in [-0.05, 0) is 51.3 Å². The molecule has 0 bridgehead atoms. The molecular formula is C17H25N3O4S. The van der Waals surface area contributed by atoms with E-state index in [1.807, 2.05) is 6.92 Å². The van der Waals surface area contributed by atoms with Gasteiger partial charge in [-0.1, -0.05) is 6.42 Å². The van der Waals surface area contributed by atoms with Crippen LogP contribution in [-0.2, 0) is 10.0 Å². The minimum atomic E-state index is -3.77. The first-order valence-corrected chi connectivity index (χ1v) is 10.2. The van der Waals surface area contributed by atoms with Gasteiger partial charge in [0.05, 0.1) is 9.82 Å². The summed E-state index contributed by atoms with van der Waals surface area (Å²) in [5.41, 5.74) is 1.03. The van der Waals surface area contributed by atoms with E-state index in [1.165, 1.54) is 18.6 Å². The van der Waals surface area contributed by atoms with E-state index in [-0.39, 0.29) is 22.7 Å². The van der Waals surface area contributed by atoms with E-state index in [4.69, 9.17) is 0 Å². The van der Waals surface area contributed by atoms with Crippen LogP contribution in [0.25, 0.3) is 0 Å². The maximum Gasteiger partial charge on any atom is 0.271 e. The highest BCUT2D eigenvalue weighted by Gasteiger charge is 2.40. The molecule has 0 spiro atoms. The normalized spacial score (nSPS) is 25.6. The zero-order valence-corrected chi connectivity index (χ0v) is 15.8. The van der Waals surface area contributed by atoms with Gasteiger partial charge in [0, 0.05) is 37.3 Å². The second-order valence-electron chi connectivity index (χ2n) is 7.21. The van der Waals surface area contributed by atoms with Gasteiger partial charge < -0.3 is 0 Å². The summed E-state index contributed by atoms with van der Waals surface area (Å²) < 4.78 is 28.2. The lowest BCUT2D eigenvalue weighted by atomic mass is 9.99. The van der Waals surface area contributed by atoms with Crippen molar-refractivity contribution in [3.63, 3.8) is 0 Å². The smallest absolute Gasteiger partial charge is 0.271 e. The molecule has 2 fully saturated rings. The van der Waals surface area contributed by atoms with Gasteiger partial charge in [-0.3, -0.25) is 15.0 Å². The average Bonchev–Trinajstić information content (AvgIpc) is 2.56. The number of piperazine rings is 1. The Bertz CT molecular complexity index is 793. The third-order valence-corrected chi connectivity index (χ3v) is 7.64. The third-order valence-electron chi connectivity index (χ3n) is 5.53. The highest BCUT2D eigenvalue weighted by molar-refractivity contribution is 7.89. The summed E-state index contributed by atoms with van der Waals surface area (Å²) in [6.07, 6.45) is 3.29. The first-order valence-electron chi connectivity index (χ1n) is 8.73. The molecule has 3 rings (SSSR count). The fourth-order valence-electron chi connectivity index (χ4n) is 3.97. The van der Waals surface area contributed by atoms with Gasteiger partial charge in [0.2, 0.25) is 10.0 Å². The Morgan fingerprint density at radius 3 is 2.60 bits per heavy atom. The van der Waals surface area contributed by atoms with E-state index in [0.717, 1.165) is 25.9 Å². The summed E-state index contributed by atoms with van der Waals surface area (Å²) in [5, 5.41) is 11.2. The van der Waals surface area contributed by atoms with Crippen molar-refractivity contribution in [3.8, 4) is 0 Å². The van der Waals surface area contributed by atoms with E-state index in [2.05, 4.69) is 4.90 Å². The third kappa shape index (κ3) is 3.30. The molecule has 0 unspecified atom stereocenters. The zero-order chi connectivity index (χ0) is 18.4. The molecule has 0 radical (unpaired) electrons. The molecule has 0 aromatic heterocycles. The van der Waals surface area contributed by atoms with Crippen molar-refractivity contribution in [3.05, 3.63) is 33.4 Å². The lowest BCUT2D eigenvalue weighted by molar-refractivity contribution is -0.385. The summed E-state index contributed by atoms with van der Waals surface area (Å²) in [6, 6.07) is 2.74. The predicted octanol–water partition coefficient (Wildman–Crippen LogP) is 2.46. The number of aryl methyl sites for hydroxylation is 1. The molecule has 0 aliphatic carbocycles. The Labute approximate surface area is 148 Å². The fourth-order valence-corrected chi connectivity index (χ4v) is 5.95. The summed E-state index contributed by atoms with van der Waals surface area (Å²) in [7, 11) is -3.77. The van der Waals surface area contributed by atoms with Gasteiger partial charge in [0.25, 0.3) is 5.69 Å². The molecule has 7 nitrogen and oxygen atoms in total. The highest BCUT2D eigenvalue weighted by Crippen LogP contribution is 2.32. The Kier molecular flexibility index (Phi) is 4.87. The van der Waals surface area contributed by atoms with Crippen LogP contribution in [0, 0.1) is 24.0 Å². The Balaban J connectivity index is 2.00. The standard InChI is InChI=1S/C17H25N3O4S/c1-12-8-16(20(21)22)9-17(14(12)3)25(23,24)19-11-15-6-4-5-7-18(15)10-13(19)2/h8-9,13,15H,4-7,10-11H2,1-3H3/t13-,15-/m1/s1. The number of nitrogens with zero attached hydrogens (tertiary/aromatic N) is 3. The van der Waals surface area contributed by atoms with Crippen LogP contribution in [0.5, 0.6) is 0 Å². The molecule has 2 aliphatic rings. The van der Waals surface area contributed by atoms with Gasteiger partial charge >= 0.3 is 0 Å². The maximum atomic E-state index is 13.3. The number of rotatable bonds is 3. The van der Waals surface area contributed by atoms with Crippen molar-refractivity contribution >= 4 is 15.7 Å². The van der Waals surface area contributed by atoms with Gasteiger partial charge in [-0.25, -0.2) is 8.42 Å². The molecule has 2 aliphatic heterocycles. The van der Waals surface area contributed by atoms with Gasteiger partial charge in [0.1, 0.15) is 0 Å². The Morgan fingerprint density at radius 2 is 1.92 bits per heavy atom. The summed E-state index contributed by atoms with van der Waals surface area (Å²) in [5.74, 6) is 0. The van der Waals surface area contributed by atoms with E-state index in [9.17, 15) is 18.5 Å². The topological polar surface area (TPSA) is 83.8 Å². The number of piperidine rings is 1. The summed E-state index contributed by atoms with van der Waals surface area (Å²) in [4.78, 5) is 13.1. The number of fused-ring (bicyclic) bond motifs is 1. The lowest BCUT2D eigenvalue weighted by Crippen LogP contribution is -2.59. The second-order valence-corrected chi connectivity index (χ2v) is 9.07. The van der Waals surface area contributed by atoms with Crippen molar-refractivity contribution in [2.75, 3.05) is 19.6 Å². The van der Waals surface area contributed by atoms with Gasteiger partial charge in [0.15, 0.2) is 0 Å². The molecule has 2 atom stereocenters. The molecule has 0 saturated carbocycles. The fraction of sp³-hybridized carbons (Fsp3) is 0.647. The Hall–Kier alpha value is -1.51. The molecule has 1 aromatic carbocycles. The first kappa shape index (κ1) is 18.3. The number of hydrogen-bond donors (Lipinski definition) is 0. The predicted molar refractivity (Wildman–Crippen MR) is 95.1 cm³/mol. The van der Waals surface area contributed by atoms with Crippen molar-refractivity contribution < 1.29 is 13.3 Å². The Morgan fingerprint density at radius 1 is 1.20 bits per heavy atom. The second kappa shape index (κ2) is 6.66. The number of sulfonamides is 1. The molecule has 0 amide bonds. The van der Waals surface area contributed by atoms with Crippen molar-refractivity contribution in [2.45, 2.75) is 57.0 Å². The zero-order valence-electron chi connectivity index (χ0n) is 14.9. The SMILES string of the molecule is Cc1cc([N+](=O)[O-])cc(S(=O)(=O)N2C[C@H]3CCCCN3C[C@H]2C)c1C. The van der Waals surface area contributed by atoms with Crippen molar-refractivity contribution in [1.29, 1.82) is 0 Å². The number of non-ortho nitro benzene ring substituents is 1. The van der Waals surface area contributed by atoms with Crippen molar-refractivity contribution in [2.24, 2.45) is 0 Å². The number of hydrogen-bond acceptors (Lipinski definition) is 5. The lowest BCUT2D eigenvalue weighted by Gasteiger charge is -2.46. The van der Waals surface area contributed by atoms with Gasteiger partial charge in [-0.2, -0.15) is 4.31 Å². The summed E-state index contributed by atoms with van der Waals surface area (Å²) in [6.45, 7) is 7.55. The molecule has 8 heteroatoms. The van der Waals surface area contributed by atoms with E-state index in [1.54, 1.807) is 18.2 Å². The number of nitro groups is 1. The van der Waals surface area contributed by atoms with Crippen LogP contribution in [0.4, 0.5) is 5.69 Å². The maximum absolute atomic E-state index is 13.3.